The Balaban J connectivity index is 1.40. The van der Waals surface area contributed by atoms with Crippen LogP contribution in [0.1, 0.15) is 61.1 Å². The third-order valence-electron chi connectivity index (χ3n) is 10.2. The Kier molecular flexibility index (Phi) is 5.40. The number of hydrogen-bond donors (Lipinski definition) is 0. The molecule has 1 fully saturated rings. The van der Waals surface area contributed by atoms with Crippen LogP contribution >= 0.6 is 11.8 Å². The number of para-hydroxylation sites is 1. The van der Waals surface area contributed by atoms with E-state index >= 15 is 0 Å². The lowest BCUT2D eigenvalue weighted by atomic mass is 9.62. The van der Waals surface area contributed by atoms with E-state index in [1.165, 1.54) is 43.2 Å². The zero-order valence-electron chi connectivity index (χ0n) is 25.2. The van der Waals surface area contributed by atoms with Crippen molar-refractivity contribution in [1.29, 1.82) is 0 Å². The molecule has 9 rings (SSSR count). The first-order valence-corrected chi connectivity index (χ1v) is 16.1. The van der Waals surface area contributed by atoms with E-state index in [0.717, 1.165) is 27.4 Å². The van der Waals surface area contributed by atoms with Gasteiger partial charge in [0.25, 0.3) is 0 Å². The summed E-state index contributed by atoms with van der Waals surface area (Å²) in [4.78, 5) is 2.50. The first-order valence-electron chi connectivity index (χ1n) is 15.3. The molecule has 6 aromatic rings. The predicted molar refractivity (Wildman–Crippen MR) is 181 cm³/mol. The summed E-state index contributed by atoms with van der Waals surface area (Å²) in [6.07, 6.45) is 4.53. The summed E-state index contributed by atoms with van der Waals surface area (Å²) in [6, 6.07) is 37.5. The highest BCUT2D eigenvalue weighted by Gasteiger charge is 2.53. The molecular weight excluding hydrogens is 559 g/mol. The molecule has 3 aliphatic rings. The van der Waals surface area contributed by atoms with Crippen LogP contribution < -0.4 is 5.46 Å². The third kappa shape index (κ3) is 3.49. The van der Waals surface area contributed by atoms with E-state index < -0.39 is 23.7 Å². The van der Waals surface area contributed by atoms with Gasteiger partial charge in [0.15, 0.2) is 0 Å². The maximum absolute atomic E-state index is 6.59. The SMILES string of the molecule is CC1(C)OB(c2ccc3c(c2)C2(c4ccccc4C=C3)c3ccccc3Sc3cc4c(cc32)oc2ccccc24)OC1(C)C. The molecular formula is C39H31BO3S. The van der Waals surface area contributed by atoms with Gasteiger partial charge in [-0.3, -0.25) is 0 Å². The van der Waals surface area contributed by atoms with E-state index in [0.29, 0.717) is 0 Å². The van der Waals surface area contributed by atoms with Gasteiger partial charge in [0, 0.05) is 20.6 Å². The van der Waals surface area contributed by atoms with Crippen molar-refractivity contribution in [3.05, 3.63) is 137 Å². The van der Waals surface area contributed by atoms with Crippen molar-refractivity contribution in [1.82, 2.24) is 0 Å². The lowest BCUT2D eigenvalue weighted by molar-refractivity contribution is 0.00578. The molecule has 1 atom stereocenters. The first-order chi connectivity index (χ1) is 21.3. The highest BCUT2D eigenvalue weighted by atomic mass is 32.2. The van der Waals surface area contributed by atoms with Crippen LogP contribution in [0.15, 0.2) is 117 Å². The lowest BCUT2D eigenvalue weighted by Gasteiger charge is -2.43. The molecule has 1 aromatic heterocycles. The molecule has 1 saturated heterocycles. The van der Waals surface area contributed by atoms with Gasteiger partial charge in [-0.2, -0.15) is 0 Å². The fourth-order valence-electron chi connectivity index (χ4n) is 7.32. The van der Waals surface area contributed by atoms with Crippen LogP contribution in [0.4, 0.5) is 0 Å². The Bertz CT molecular complexity index is 2180. The molecule has 2 aliphatic heterocycles. The summed E-state index contributed by atoms with van der Waals surface area (Å²) in [6.45, 7) is 8.45. The van der Waals surface area contributed by atoms with Crippen LogP contribution in [0.3, 0.4) is 0 Å². The number of furan rings is 1. The van der Waals surface area contributed by atoms with E-state index in [4.69, 9.17) is 13.7 Å². The zero-order chi connectivity index (χ0) is 29.8. The fraction of sp³-hybridized carbons (Fsp3) is 0.179. The molecule has 5 heteroatoms. The van der Waals surface area contributed by atoms with Crippen LogP contribution in [-0.2, 0) is 14.7 Å². The van der Waals surface area contributed by atoms with Gasteiger partial charge in [0.05, 0.1) is 16.6 Å². The summed E-state index contributed by atoms with van der Waals surface area (Å²) in [5.74, 6) is 0. The van der Waals surface area contributed by atoms with Crippen molar-refractivity contribution in [2.75, 3.05) is 0 Å². The second kappa shape index (κ2) is 9.01. The minimum absolute atomic E-state index is 0.428. The van der Waals surface area contributed by atoms with Crippen LogP contribution in [0, 0.1) is 0 Å². The predicted octanol–water partition coefficient (Wildman–Crippen LogP) is 9.22. The maximum Gasteiger partial charge on any atom is 0.494 e. The Hall–Kier alpha value is -4.03. The molecule has 0 radical (unpaired) electrons. The molecule has 0 bridgehead atoms. The van der Waals surface area contributed by atoms with Crippen molar-refractivity contribution in [3.63, 3.8) is 0 Å². The average Bonchev–Trinajstić information content (AvgIpc) is 3.44. The van der Waals surface area contributed by atoms with Crippen LogP contribution in [0.5, 0.6) is 0 Å². The topological polar surface area (TPSA) is 31.6 Å². The number of hydrogen-bond acceptors (Lipinski definition) is 4. The van der Waals surface area contributed by atoms with E-state index in [9.17, 15) is 0 Å². The molecule has 0 amide bonds. The largest absolute Gasteiger partial charge is 0.494 e. The third-order valence-corrected chi connectivity index (χ3v) is 11.3. The highest BCUT2D eigenvalue weighted by Crippen LogP contribution is 2.59. The van der Waals surface area contributed by atoms with Crippen molar-refractivity contribution in [2.45, 2.75) is 54.1 Å². The highest BCUT2D eigenvalue weighted by molar-refractivity contribution is 7.99. The van der Waals surface area contributed by atoms with E-state index in [-0.39, 0.29) is 0 Å². The first kappa shape index (κ1) is 26.4. The van der Waals surface area contributed by atoms with E-state index in [1.807, 2.05) is 17.8 Å². The fourth-order valence-corrected chi connectivity index (χ4v) is 8.53. The van der Waals surface area contributed by atoms with Gasteiger partial charge in [-0.05, 0) is 90.8 Å². The van der Waals surface area contributed by atoms with Crippen molar-refractivity contribution in [2.24, 2.45) is 0 Å². The standard InChI is InChI=1S/C39H31BO3S/c1-37(2)38(3,4)43-40(42-37)26-20-19-25-18-17-24-11-5-7-13-29(24)39(31(25)21-26)30-14-8-10-16-35(30)44-36-22-28-27-12-6-9-15-33(27)41-34(28)23-32(36)39/h5-23H,1-4H3. The molecule has 1 unspecified atom stereocenters. The molecule has 1 aliphatic carbocycles. The van der Waals surface area contributed by atoms with Crippen LogP contribution in [-0.4, -0.2) is 18.3 Å². The number of benzene rings is 5. The summed E-state index contributed by atoms with van der Waals surface area (Å²) in [5, 5.41) is 2.29. The molecule has 1 spiro atoms. The van der Waals surface area contributed by atoms with Gasteiger partial charge < -0.3 is 13.7 Å². The second-order valence-electron chi connectivity index (χ2n) is 13.1. The molecule has 0 N–H and O–H groups in total. The van der Waals surface area contributed by atoms with Crippen molar-refractivity contribution in [3.8, 4) is 0 Å². The van der Waals surface area contributed by atoms with E-state index in [2.05, 4.69) is 137 Å². The monoisotopic (exact) mass is 590 g/mol. The van der Waals surface area contributed by atoms with Gasteiger partial charge in [-0.15, -0.1) is 0 Å². The molecule has 3 nitrogen and oxygen atoms in total. The van der Waals surface area contributed by atoms with Crippen molar-refractivity contribution < 1.29 is 13.7 Å². The Morgan fingerprint density at radius 2 is 1.23 bits per heavy atom. The van der Waals surface area contributed by atoms with E-state index in [1.54, 1.807) is 0 Å². The van der Waals surface area contributed by atoms with Gasteiger partial charge in [-0.1, -0.05) is 103 Å². The maximum atomic E-state index is 6.59. The molecule has 5 aromatic carbocycles. The molecule has 44 heavy (non-hydrogen) atoms. The average molecular weight is 591 g/mol. The smallest absolute Gasteiger partial charge is 0.456 e. The van der Waals surface area contributed by atoms with Gasteiger partial charge >= 0.3 is 7.12 Å². The number of rotatable bonds is 1. The minimum Gasteiger partial charge on any atom is -0.456 e. The van der Waals surface area contributed by atoms with Gasteiger partial charge in [-0.25, -0.2) is 0 Å². The second-order valence-corrected chi connectivity index (χ2v) is 14.2. The van der Waals surface area contributed by atoms with Gasteiger partial charge in [0.2, 0.25) is 0 Å². The normalized spacial score (nSPS) is 20.8. The van der Waals surface area contributed by atoms with Crippen LogP contribution in [0.2, 0.25) is 0 Å². The summed E-state index contributed by atoms with van der Waals surface area (Å²) in [7, 11) is -0.463. The Labute approximate surface area is 262 Å². The molecule has 3 heterocycles. The molecule has 214 valence electrons. The van der Waals surface area contributed by atoms with Crippen LogP contribution in [0.25, 0.3) is 34.1 Å². The summed E-state index contributed by atoms with van der Waals surface area (Å²) in [5.41, 5.74) is 8.75. The minimum atomic E-state index is -0.598. The zero-order valence-corrected chi connectivity index (χ0v) is 26.0. The quantitative estimate of drug-likeness (QED) is 0.178. The summed E-state index contributed by atoms with van der Waals surface area (Å²) >= 11 is 1.85. The van der Waals surface area contributed by atoms with Gasteiger partial charge in [0.1, 0.15) is 11.2 Å². The molecule has 0 saturated carbocycles. The van der Waals surface area contributed by atoms with Crippen molar-refractivity contribution >= 4 is 58.4 Å². The number of fused-ring (bicyclic) bond motifs is 11. The Morgan fingerprint density at radius 1 is 0.545 bits per heavy atom. The lowest BCUT2D eigenvalue weighted by Crippen LogP contribution is -2.41. The summed E-state index contributed by atoms with van der Waals surface area (Å²) < 4.78 is 19.7. The Morgan fingerprint density at radius 3 is 2.05 bits per heavy atom.